The molecule has 1 saturated heterocycles. The Morgan fingerprint density at radius 3 is 2.43 bits per heavy atom. The molecule has 2 aromatic rings. The van der Waals surface area contributed by atoms with E-state index in [4.69, 9.17) is 4.74 Å². The minimum absolute atomic E-state index is 0.0930. The van der Waals surface area contributed by atoms with Crippen molar-refractivity contribution in [1.29, 1.82) is 5.26 Å². The Hall–Kier alpha value is -3.51. The zero-order chi connectivity index (χ0) is 30.1. The van der Waals surface area contributed by atoms with Crippen molar-refractivity contribution in [1.82, 2.24) is 20.4 Å². The molecule has 1 heterocycles. The number of carbonyl (C=O) groups is 2. The van der Waals surface area contributed by atoms with Crippen molar-refractivity contribution in [3.8, 4) is 6.07 Å². The monoisotopic (exact) mass is 571 g/mol. The van der Waals surface area contributed by atoms with E-state index < -0.39 is 0 Å². The second kappa shape index (κ2) is 14.6. The van der Waals surface area contributed by atoms with Crippen LogP contribution in [0.25, 0.3) is 0 Å². The van der Waals surface area contributed by atoms with E-state index in [-0.39, 0.29) is 34.9 Å². The lowest BCUT2D eigenvalue weighted by molar-refractivity contribution is -0.118. The molecule has 224 valence electrons. The zero-order valence-electron chi connectivity index (χ0n) is 25.5. The summed E-state index contributed by atoms with van der Waals surface area (Å²) in [5.41, 5.74) is 3.77. The fourth-order valence-electron chi connectivity index (χ4n) is 5.46. The zero-order valence-corrected chi connectivity index (χ0v) is 25.5. The fraction of sp³-hybridized carbons (Fsp3) is 0.500. The van der Waals surface area contributed by atoms with Crippen LogP contribution in [-0.4, -0.2) is 67.0 Å². The molecule has 0 spiro atoms. The molecule has 2 atom stereocenters. The van der Waals surface area contributed by atoms with Gasteiger partial charge in [0.25, 0.3) is 11.8 Å². The number of amides is 2. The number of nitriles is 1. The van der Waals surface area contributed by atoms with Gasteiger partial charge in [0.05, 0.1) is 18.8 Å². The Kier molecular flexibility index (Phi) is 10.9. The third-order valence-corrected chi connectivity index (χ3v) is 7.84. The highest BCUT2D eigenvalue weighted by Gasteiger charge is 2.30. The standard InChI is InChI=1S/C34H45N5O3/c1-34(2,3)20-29(21-35)33(41)37-30-9-6-10-31(30)42-24-27-8-5-7-26(19-27)22-36-32(40)28-13-11-25(12-14-28)23-39-17-15-38(4)16-18-39/h5,7-8,11-14,19-20,30-31H,6,9-10,15-18,22-24H2,1-4H3,(H,36,40)(H,37,41)/t30-,31+/m0/s1. The summed E-state index contributed by atoms with van der Waals surface area (Å²) in [4.78, 5) is 30.3. The lowest BCUT2D eigenvalue weighted by Gasteiger charge is -2.32. The van der Waals surface area contributed by atoms with E-state index in [1.807, 2.05) is 75.4 Å². The van der Waals surface area contributed by atoms with Gasteiger partial charge in [0.15, 0.2) is 0 Å². The van der Waals surface area contributed by atoms with E-state index >= 15 is 0 Å². The minimum Gasteiger partial charge on any atom is -0.371 e. The van der Waals surface area contributed by atoms with Crippen LogP contribution in [0, 0.1) is 16.7 Å². The summed E-state index contributed by atoms with van der Waals surface area (Å²) in [7, 11) is 2.16. The molecule has 0 aromatic heterocycles. The Bertz CT molecular complexity index is 1280. The van der Waals surface area contributed by atoms with Gasteiger partial charge >= 0.3 is 0 Å². The molecule has 8 nitrogen and oxygen atoms in total. The third kappa shape index (κ3) is 9.52. The van der Waals surface area contributed by atoms with Crippen LogP contribution >= 0.6 is 0 Å². The van der Waals surface area contributed by atoms with Crippen LogP contribution in [-0.2, 0) is 29.2 Å². The lowest BCUT2D eigenvalue weighted by atomic mass is 9.93. The summed E-state index contributed by atoms with van der Waals surface area (Å²) in [5, 5.41) is 15.5. The molecular weight excluding hydrogens is 526 g/mol. The average Bonchev–Trinajstić information content (AvgIpc) is 3.41. The molecule has 8 heteroatoms. The highest BCUT2D eigenvalue weighted by molar-refractivity contribution is 5.97. The minimum atomic E-state index is -0.338. The fourth-order valence-corrected chi connectivity index (χ4v) is 5.46. The maximum atomic E-state index is 12.8. The lowest BCUT2D eigenvalue weighted by Crippen LogP contribution is -2.43. The molecule has 0 radical (unpaired) electrons. The normalized spacial score (nSPS) is 20.2. The number of allylic oxidation sites excluding steroid dienone is 1. The molecule has 4 rings (SSSR count). The van der Waals surface area contributed by atoms with Crippen LogP contribution in [0.5, 0.6) is 0 Å². The number of piperazine rings is 1. The van der Waals surface area contributed by atoms with Crippen molar-refractivity contribution in [3.05, 3.63) is 82.4 Å². The SMILES string of the molecule is CN1CCN(Cc2ccc(C(=O)NCc3cccc(CO[C@@H]4CCC[C@@H]4NC(=O)C(C#N)=CC(C)(C)C)c3)cc2)CC1. The van der Waals surface area contributed by atoms with Crippen molar-refractivity contribution in [2.24, 2.45) is 5.41 Å². The topological polar surface area (TPSA) is 97.7 Å². The number of benzene rings is 2. The first-order chi connectivity index (χ1) is 20.1. The van der Waals surface area contributed by atoms with Crippen molar-refractivity contribution in [3.63, 3.8) is 0 Å². The van der Waals surface area contributed by atoms with Crippen LogP contribution < -0.4 is 10.6 Å². The van der Waals surface area contributed by atoms with E-state index in [2.05, 4.69) is 27.5 Å². The number of likely N-dealkylation sites (N-methyl/N-ethyl adjacent to an activating group) is 1. The van der Waals surface area contributed by atoms with Crippen LogP contribution in [0.15, 0.2) is 60.2 Å². The van der Waals surface area contributed by atoms with E-state index in [0.29, 0.717) is 18.7 Å². The largest absolute Gasteiger partial charge is 0.371 e. The van der Waals surface area contributed by atoms with E-state index in [9.17, 15) is 14.9 Å². The summed E-state index contributed by atoms with van der Waals surface area (Å²) < 4.78 is 6.23. The summed E-state index contributed by atoms with van der Waals surface area (Å²) in [6, 6.07) is 17.8. The first-order valence-electron chi connectivity index (χ1n) is 15.0. The van der Waals surface area contributed by atoms with Crippen molar-refractivity contribution >= 4 is 11.8 Å². The maximum absolute atomic E-state index is 12.8. The van der Waals surface area contributed by atoms with Gasteiger partial charge in [0.2, 0.25) is 0 Å². The Morgan fingerprint density at radius 2 is 1.74 bits per heavy atom. The molecular formula is C34H45N5O3. The third-order valence-electron chi connectivity index (χ3n) is 7.84. The van der Waals surface area contributed by atoms with Gasteiger partial charge in [-0.2, -0.15) is 5.26 Å². The van der Waals surface area contributed by atoms with Crippen molar-refractivity contribution in [2.75, 3.05) is 33.2 Å². The number of ether oxygens (including phenoxy) is 1. The van der Waals surface area contributed by atoms with Crippen LogP contribution in [0.1, 0.15) is 67.1 Å². The number of nitrogens with zero attached hydrogens (tertiary/aromatic N) is 3. The smallest absolute Gasteiger partial charge is 0.261 e. The molecule has 2 aromatic carbocycles. The van der Waals surface area contributed by atoms with E-state index in [1.165, 1.54) is 5.56 Å². The van der Waals surface area contributed by atoms with Gasteiger partial charge in [-0.15, -0.1) is 0 Å². The Morgan fingerprint density at radius 1 is 1.02 bits per heavy atom. The molecule has 1 aliphatic heterocycles. The first kappa shape index (κ1) is 31.4. The van der Waals surface area contributed by atoms with Crippen LogP contribution in [0.2, 0.25) is 0 Å². The quantitative estimate of drug-likeness (QED) is 0.324. The molecule has 0 bridgehead atoms. The molecule has 2 N–H and O–H groups in total. The van der Waals surface area contributed by atoms with E-state index in [0.717, 1.165) is 63.1 Å². The second-order valence-corrected chi connectivity index (χ2v) is 12.7. The molecule has 2 aliphatic rings. The maximum Gasteiger partial charge on any atom is 0.261 e. The molecule has 1 saturated carbocycles. The first-order valence-corrected chi connectivity index (χ1v) is 15.0. The number of carbonyl (C=O) groups excluding carboxylic acids is 2. The van der Waals surface area contributed by atoms with Crippen LogP contribution in [0.4, 0.5) is 0 Å². The number of nitrogens with one attached hydrogen (secondary N) is 2. The van der Waals surface area contributed by atoms with Gasteiger partial charge in [-0.25, -0.2) is 0 Å². The molecule has 2 amide bonds. The molecule has 42 heavy (non-hydrogen) atoms. The van der Waals surface area contributed by atoms with Gasteiger partial charge in [0, 0.05) is 44.8 Å². The van der Waals surface area contributed by atoms with Crippen molar-refractivity contribution in [2.45, 2.75) is 71.9 Å². The highest BCUT2D eigenvalue weighted by atomic mass is 16.5. The molecule has 2 fully saturated rings. The average molecular weight is 572 g/mol. The summed E-state index contributed by atoms with van der Waals surface area (Å²) in [6.45, 7) is 12.0. The molecule has 0 unspecified atom stereocenters. The molecule has 1 aliphatic carbocycles. The van der Waals surface area contributed by atoms with Gasteiger partial charge in [-0.05, 0) is 60.5 Å². The number of rotatable bonds is 10. The predicted octanol–water partition coefficient (Wildman–Crippen LogP) is 4.41. The van der Waals surface area contributed by atoms with Gasteiger partial charge in [-0.3, -0.25) is 14.5 Å². The number of hydrogen-bond donors (Lipinski definition) is 2. The van der Waals surface area contributed by atoms with E-state index in [1.54, 1.807) is 6.08 Å². The van der Waals surface area contributed by atoms with Gasteiger partial charge in [0.1, 0.15) is 11.6 Å². The summed E-state index contributed by atoms with van der Waals surface area (Å²) in [6.07, 6.45) is 4.25. The van der Waals surface area contributed by atoms with Crippen LogP contribution in [0.3, 0.4) is 0 Å². The summed E-state index contributed by atoms with van der Waals surface area (Å²) in [5.74, 6) is -0.431. The second-order valence-electron chi connectivity index (χ2n) is 12.7. The van der Waals surface area contributed by atoms with Gasteiger partial charge < -0.3 is 20.3 Å². The number of hydrogen-bond acceptors (Lipinski definition) is 6. The Balaban J connectivity index is 1.24. The predicted molar refractivity (Wildman–Crippen MR) is 164 cm³/mol. The Labute approximate surface area is 250 Å². The van der Waals surface area contributed by atoms with Crippen molar-refractivity contribution < 1.29 is 14.3 Å². The highest BCUT2D eigenvalue weighted by Crippen LogP contribution is 2.25. The van der Waals surface area contributed by atoms with Gasteiger partial charge in [-0.1, -0.05) is 63.2 Å². The summed E-state index contributed by atoms with van der Waals surface area (Å²) >= 11 is 0.